The van der Waals surface area contributed by atoms with Gasteiger partial charge < -0.3 is 10.6 Å². The van der Waals surface area contributed by atoms with Crippen molar-refractivity contribution in [2.75, 3.05) is 11.9 Å². The smallest absolute Gasteiger partial charge is 0.350 e. The Morgan fingerprint density at radius 1 is 1.12 bits per heavy atom. The van der Waals surface area contributed by atoms with E-state index in [-0.39, 0.29) is 23.0 Å². The highest BCUT2D eigenvalue weighted by atomic mass is 32.2. The number of hydrogen-bond acceptors (Lipinski definition) is 6. The van der Waals surface area contributed by atoms with Gasteiger partial charge in [0.15, 0.2) is 5.65 Å². The molecule has 0 aliphatic carbocycles. The first-order valence-corrected chi connectivity index (χ1v) is 11.4. The van der Waals surface area contributed by atoms with Crippen LogP contribution in [0.1, 0.15) is 20.3 Å². The zero-order chi connectivity index (χ0) is 23.3. The predicted molar refractivity (Wildman–Crippen MR) is 118 cm³/mol. The van der Waals surface area contributed by atoms with Crippen molar-refractivity contribution in [2.24, 2.45) is 0 Å². The molecule has 0 saturated heterocycles. The number of nitrogens with one attached hydrogen (secondary N) is 3. The second-order valence-corrected chi connectivity index (χ2v) is 8.84. The molecule has 3 rings (SSSR count). The third-order valence-corrected chi connectivity index (χ3v) is 6.10. The van der Waals surface area contributed by atoms with Gasteiger partial charge in [-0.3, -0.25) is 14.0 Å². The minimum absolute atomic E-state index is 0.0301. The van der Waals surface area contributed by atoms with Gasteiger partial charge in [-0.1, -0.05) is 6.07 Å². The molecule has 0 saturated carbocycles. The van der Waals surface area contributed by atoms with Crippen LogP contribution < -0.4 is 21.0 Å². The van der Waals surface area contributed by atoms with Gasteiger partial charge in [0.25, 0.3) is 0 Å². The highest BCUT2D eigenvalue weighted by Crippen LogP contribution is 2.14. The Kier molecular flexibility index (Phi) is 7.05. The standard InChI is InChI=1S/C20H24N6O5S/c1-14(24-32(30,31)17-9-7-16(8-10-17)22-15(2)27)19(28)21-11-5-13-26-20(29)25-12-4-3-6-18(25)23-26/h3-4,6-10,12,14,24H,5,11,13H2,1-2H3,(H,21,28)(H,22,27)/t14-/m0/s1. The molecule has 3 aromatic rings. The third kappa shape index (κ3) is 5.59. The number of sulfonamides is 1. The average molecular weight is 461 g/mol. The molecule has 32 heavy (non-hydrogen) atoms. The number of carbonyl (C=O) groups excluding carboxylic acids is 2. The van der Waals surface area contributed by atoms with Crippen LogP contribution in [-0.4, -0.2) is 47.0 Å². The fourth-order valence-corrected chi connectivity index (χ4v) is 4.19. The summed E-state index contributed by atoms with van der Waals surface area (Å²) in [5.41, 5.74) is 0.735. The summed E-state index contributed by atoms with van der Waals surface area (Å²) in [7, 11) is -3.93. The lowest BCUT2D eigenvalue weighted by Crippen LogP contribution is -2.45. The number of rotatable bonds is 9. The molecule has 0 unspecified atom stereocenters. The Labute approximate surface area is 184 Å². The fraction of sp³-hybridized carbons (Fsp3) is 0.300. The van der Waals surface area contributed by atoms with Crippen LogP contribution in [0.3, 0.4) is 0 Å². The van der Waals surface area contributed by atoms with Crippen LogP contribution in [0.2, 0.25) is 0 Å². The van der Waals surface area contributed by atoms with Crippen LogP contribution in [0.15, 0.2) is 58.4 Å². The molecule has 12 heteroatoms. The van der Waals surface area contributed by atoms with Gasteiger partial charge in [0.05, 0.1) is 10.9 Å². The van der Waals surface area contributed by atoms with Gasteiger partial charge in [-0.05, 0) is 49.7 Å². The van der Waals surface area contributed by atoms with E-state index in [0.717, 1.165) is 0 Å². The Balaban J connectivity index is 1.50. The van der Waals surface area contributed by atoms with E-state index in [1.54, 1.807) is 24.4 Å². The van der Waals surface area contributed by atoms with Gasteiger partial charge in [0.2, 0.25) is 21.8 Å². The number of hydrogen-bond donors (Lipinski definition) is 3. The topological polar surface area (TPSA) is 144 Å². The second kappa shape index (κ2) is 9.75. The highest BCUT2D eigenvalue weighted by Gasteiger charge is 2.22. The van der Waals surface area contributed by atoms with Crippen molar-refractivity contribution in [2.45, 2.75) is 37.8 Å². The molecule has 3 N–H and O–H groups in total. The minimum atomic E-state index is -3.93. The molecule has 0 spiro atoms. The SMILES string of the molecule is CC(=O)Nc1ccc(S(=O)(=O)N[C@@H](C)C(=O)NCCCn2nc3ccccn3c2=O)cc1. The molecule has 11 nitrogen and oxygen atoms in total. The van der Waals surface area contributed by atoms with Crippen LogP contribution in [0.25, 0.3) is 5.65 Å². The van der Waals surface area contributed by atoms with Crippen LogP contribution in [0.5, 0.6) is 0 Å². The van der Waals surface area contributed by atoms with Gasteiger partial charge in [0.1, 0.15) is 0 Å². The van der Waals surface area contributed by atoms with Crippen molar-refractivity contribution in [1.82, 2.24) is 24.2 Å². The Morgan fingerprint density at radius 3 is 2.50 bits per heavy atom. The van der Waals surface area contributed by atoms with Gasteiger partial charge in [-0.25, -0.2) is 17.9 Å². The molecule has 2 aromatic heterocycles. The Morgan fingerprint density at radius 2 is 1.84 bits per heavy atom. The number of fused-ring (bicyclic) bond motifs is 1. The van der Waals surface area contributed by atoms with E-state index in [1.807, 2.05) is 0 Å². The number of aromatic nitrogens is 3. The zero-order valence-electron chi connectivity index (χ0n) is 17.6. The summed E-state index contributed by atoms with van der Waals surface area (Å²) >= 11 is 0. The molecule has 2 amide bonds. The predicted octanol–water partition coefficient (Wildman–Crippen LogP) is 0.328. The van der Waals surface area contributed by atoms with Crippen molar-refractivity contribution in [3.05, 3.63) is 59.1 Å². The summed E-state index contributed by atoms with van der Waals surface area (Å²) in [4.78, 5) is 35.5. The molecule has 0 aliphatic heterocycles. The maximum atomic E-state index is 12.5. The Bertz CT molecular complexity index is 1280. The molecular weight excluding hydrogens is 436 g/mol. The molecular formula is C20H24N6O5S. The molecule has 0 radical (unpaired) electrons. The molecule has 170 valence electrons. The van der Waals surface area contributed by atoms with E-state index >= 15 is 0 Å². The molecule has 1 atom stereocenters. The van der Waals surface area contributed by atoms with Gasteiger partial charge in [-0.2, -0.15) is 4.72 Å². The highest BCUT2D eigenvalue weighted by molar-refractivity contribution is 7.89. The summed E-state index contributed by atoms with van der Waals surface area (Å²) in [6.45, 7) is 3.34. The van der Waals surface area contributed by atoms with Crippen LogP contribution in [0, 0.1) is 0 Å². The van der Waals surface area contributed by atoms with E-state index in [0.29, 0.717) is 24.3 Å². The van der Waals surface area contributed by atoms with Crippen molar-refractivity contribution in [3.8, 4) is 0 Å². The van der Waals surface area contributed by atoms with Gasteiger partial charge in [-0.15, -0.1) is 5.10 Å². The number of carbonyl (C=O) groups is 2. The lowest BCUT2D eigenvalue weighted by atomic mass is 10.3. The van der Waals surface area contributed by atoms with Crippen molar-refractivity contribution >= 4 is 33.2 Å². The molecule has 0 fully saturated rings. The van der Waals surface area contributed by atoms with E-state index in [1.165, 1.54) is 47.2 Å². The lowest BCUT2D eigenvalue weighted by molar-refractivity contribution is -0.122. The minimum Gasteiger partial charge on any atom is -0.355 e. The van der Waals surface area contributed by atoms with Crippen LogP contribution >= 0.6 is 0 Å². The largest absolute Gasteiger partial charge is 0.355 e. The first kappa shape index (κ1) is 23.2. The molecule has 1 aromatic carbocycles. The lowest BCUT2D eigenvalue weighted by Gasteiger charge is -2.14. The second-order valence-electron chi connectivity index (χ2n) is 7.13. The summed E-state index contributed by atoms with van der Waals surface area (Å²) in [5, 5.41) is 9.40. The van der Waals surface area contributed by atoms with E-state index in [9.17, 15) is 22.8 Å². The quantitative estimate of drug-likeness (QED) is 0.393. The average Bonchev–Trinajstić information content (AvgIpc) is 3.06. The monoisotopic (exact) mass is 460 g/mol. The van der Waals surface area contributed by atoms with E-state index < -0.39 is 22.0 Å². The van der Waals surface area contributed by atoms with Gasteiger partial charge >= 0.3 is 5.69 Å². The summed E-state index contributed by atoms with van der Waals surface area (Å²) in [6.07, 6.45) is 2.07. The number of amides is 2. The summed E-state index contributed by atoms with van der Waals surface area (Å²) < 4.78 is 30.0. The zero-order valence-corrected chi connectivity index (χ0v) is 18.4. The van der Waals surface area contributed by atoms with Crippen LogP contribution in [0.4, 0.5) is 5.69 Å². The van der Waals surface area contributed by atoms with E-state index in [2.05, 4.69) is 20.5 Å². The molecule has 0 bridgehead atoms. The van der Waals surface area contributed by atoms with E-state index in [4.69, 9.17) is 0 Å². The normalized spacial score (nSPS) is 12.4. The first-order valence-electron chi connectivity index (χ1n) is 9.89. The number of nitrogens with zero attached hydrogens (tertiary/aromatic N) is 3. The number of benzene rings is 1. The molecule has 2 heterocycles. The van der Waals surface area contributed by atoms with Crippen molar-refractivity contribution < 1.29 is 18.0 Å². The third-order valence-electron chi connectivity index (χ3n) is 4.54. The fourth-order valence-electron chi connectivity index (χ4n) is 2.98. The molecule has 0 aliphatic rings. The maximum absolute atomic E-state index is 12.5. The number of aryl methyl sites for hydroxylation is 1. The number of anilines is 1. The van der Waals surface area contributed by atoms with Gasteiger partial charge in [0, 0.05) is 31.9 Å². The Hall–Kier alpha value is -3.51. The van der Waals surface area contributed by atoms with Crippen LogP contribution in [-0.2, 0) is 26.2 Å². The summed E-state index contributed by atoms with van der Waals surface area (Å²) in [6, 6.07) is 9.83. The summed E-state index contributed by atoms with van der Waals surface area (Å²) in [5.74, 6) is -0.763. The maximum Gasteiger partial charge on any atom is 0.350 e. The van der Waals surface area contributed by atoms with Crippen molar-refractivity contribution in [1.29, 1.82) is 0 Å². The first-order chi connectivity index (χ1) is 15.2. The number of pyridine rings is 1. The van der Waals surface area contributed by atoms with Crippen molar-refractivity contribution in [3.63, 3.8) is 0 Å².